The van der Waals surface area contributed by atoms with E-state index in [1.807, 2.05) is 6.92 Å². The third-order valence-corrected chi connectivity index (χ3v) is 4.68. The number of anilines is 1. The summed E-state index contributed by atoms with van der Waals surface area (Å²) in [4.78, 5) is 36.2. The minimum absolute atomic E-state index is 0.0199. The zero-order valence-corrected chi connectivity index (χ0v) is 15.6. The Balaban J connectivity index is 1.63. The van der Waals surface area contributed by atoms with Gasteiger partial charge in [-0.05, 0) is 26.2 Å². The second kappa shape index (κ2) is 8.49. The van der Waals surface area contributed by atoms with E-state index in [1.165, 1.54) is 4.68 Å². The highest BCUT2D eigenvalue weighted by molar-refractivity contribution is 6.39. The maximum absolute atomic E-state index is 12.2. The van der Waals surface area contributed by atoms with Gasteiger partial charge in [-0.3, -0.25) is 19.7 Å². The fourth-order valence-corrected chi connectivity index (χ4v) is 3.23. The first-order chi connectivity index (χ1) is 13.0. The molecule has 0 aliphatic carbocycles. The number of rotatable bonds is 5. The van der Waals surface area contributed by atoms with Crippen LogP contribution in [0.15, 0.2) is 6.07 Å². The van der Waals surface area contributed by atoms with Gasteiger partial charge < -0.3 is 20.7 Å². The van der Waals surface area contributed by atoms with Crippen LogP contribution >= 0.6 is 0 Å². The van der Waals surface area contributed by atoms with E-state index in [4.69, 9.17) is 4.74 Å². The average Bonchev–Trinajstić information content (AvgIpc) is 3.28. The summed E-state index contributed by atoms with van der Waals surface area (Å²) in [7, 11) is 0. The van der Waals surface area contributed by atoms with Crippen molar-refractivity contribution in [1.82, 2.24) is 25.7 Å². The van der Waals surface area contributed by atoms with E-state index in [0.29, 0.717) is 31.1 Å². The Bertz CT molecular complexity index is 712. The molecule has 0 bridgehead atoms. The van der Waals surface area contributed by atoms with Gasteiger partial charge in [-0.2, -0.15) is 5.10 Å². The van der Waals surface area contributed by atoms with Gasteiger partial charge in [0.05, 0.1) is 11.8 Å². The Morgan fingerprint density at radius 3 is 2.93 bits per heavy atom. The van der Waals surface area contributed by atoms with E-state index in [-0.39, 0.29) is 18.1 Å². The molecule has 1 aromatic rings. The number of hydrogen-bond acceptors (Lipinski definition) is 6. The molecule has 10 heteroatoms. The molecule has 4 N–H and O–H groups in total. The summed E-state index contributed by atoms with van der Waals surface area (Å²) in [5.41, 5.74) is 0.653. The van der Waals surface area contributed by atoms with Crippen molar-refractivity contribution in [2.45, 2.75) is 58.0 Å². The molecule has 27 heavy (non-hydrogen) atoms. The quantitative estimate of drug-likeness (QED) is 0.524. The number of hydrogen-bond donors (Lipinski definition) is 4. The van der Waals surface area contributed by atoms with Gasteiger partial charge in [-0.25, -0.2) is 4.68 Å². The van der Waals surface area contributed by atoms with Crippen LogP contribution in [0.3, 0.4) is 0 Å². The number of carbonyl (C=O) groups excluding carboxylic acids is 3. The topological polar surface area (TPSA) is 126 Å². The monoisotopic (exact) mass is 378 g/mol. The fourth-order valence-electron chi connectivity index (χ4n) is 3.23. The molecule has 148 valence electrons. The number of carbonyl (C=O) groups is 3. The Hall–Kier alpha value is -2.46. The van der Waals surface area contributed by atoms with Crippen molar-refractivity contribution < 1.29 is 19.1 Å². The molecule has 2 fully saturated rings. The molecule has 2 saturated heterocycles. The zero-order chi connectivity index (χ0) is 19.4. The largest absolute Gasteiger partial charge is 0.376 e. The lowest BCUT2D eigenvalue weighted by molar-refractivity contribution is -0.136. The smallest absolute Gasteiger partial charge is 0.314 e. The van der Waals surface area contributed by atoms with Crippen molar-refractivity contribution in [2.75, 3.05) is 18.5 Å². The zero-order valence-electron chi connectivity index (χ0n) is 15.6. The summed E-state index contributed by atoms with van der Waals surface area (Å²) < 4.78 is 6.90. The highest BCUT2D eigenvalue weighted by Gasteiger charge is 2.28. The summed E-state index contributed by atoms with van der Waals surface area (Å²) in [5, 5.41) is 15.5. The van der Waals surface area contributed by atoms with Gasteiger partial charge in [0, 0.05) is 31.7 Å². The number of nitrogens with one attached hydrogen (secondary N) is 4. The van der Waals surface area contributed by atoms with Gasteiger partial charge in [0.15, 0.2) is 6.29 Å². The molecule has 3 heterocycles. The molecule has 1 aromatic heterocycles. The SMILES string of the molecule is CCC1CC(=O)NC(n2nc(C)cc2NC(=O)C(=O)NCC2CCCO2)N1. The molecular formula is C17H26N6O4. The lowest BCUT2D eigenvalue weighted by Crippen LogP contribution is -2.53. The van der Waals surface area contributed by atoms with E-state index in [9.17, 15) is 14.4 Å². The third kappa shape index (κ3) is 4.83. The summed E-state index contributed by atoms with van der Waals surface area (Å²) in [6.07, 6.45) is 2.39. The molecule has 0 radical (unpaired) electrons. The van der Waals surface area contributed by atoms with Crippen LogP contribution in [0, 0.1) is 6.92 Å². The Morgan fingerprint density at radius 1 is 1.41 bits per heavy atom. The van der Waals surface area contributed by atoms with Crippen LogP contribution < -0.4 is 21.3 Å². The van der Waals surface area contributed by atoms with Gasteiger partial charge >= 0.3 is 11.8 Å². The Labute approximate surface area is 157 Å². The molecule has 0 spiro atoms. The summed E-state index contributed by atoms with van der Waals surface area (Å²) in [6.45, 7) is 4.75. The fraction of sp³-hybridized carbons (Fsp3) is 0.647. The van der Waals surface area contributed by atoms with Gasteiger partial charge in [-0.15, -0.1) is 0 Å². The van der Waals surface area contributed by atoms with Gasteiger partial charge in [-0.1, -0.05) is 6.92 Å². The van der Waals surface area contributed by atoms with Crippen molar-refractivity contribution in [3.05, 3.63) is 11.8 Å². The molecule has 3 unspecified atom stereocenters. The summed E-state index contributed by atoms with van der Waals surface area (Å²) in [5.74, 6) is -1.28. The third-order valence-electron chi connectivity index (χ3n) is 4.68. The normalized spacial score (nSPS) is 25.1. The molecular weight excluding hydrogens is 352 g/mol. The van der Waals surface area contributed by atoms with Crippen molar-refractivity contribution in [1.29, 1.82) is 0 Å². The van der Waals surface area contributed by atoms with Crippen LogP contribution in [0.5, 0.6) is 0 Å². The Kier molecular flexibility index (Phi) is 6.07. The highest BCUT2D eigenvalue weighted by atomic mass is 16.5. The number of ether oxygens (including phenoxy) is 1. The molecule has 2 aliphatic rings. The number of amides is 3. The minimum Gasteiger partial charge on any atom is -0.376 e. The number of aryl methyl sites for hydroxylation is 1. The van der Waals surface area contributed by atoms with Crippen molar-refractivity contribution in [2.24, 2.45) is 0 Å². The number of aromatic nitrogens is 2. The maximum atomic E-state index is 12.2. The van der Waals surface area contributed by atoms with Crippen LogP contribution in [-0.2, 0) is 19.1 Å². The van der Waals surface area contributed by atoms with Gasteiger partial charge in [0.2, 0.25) is 5.91 Å². The maximum Gasteiger partial charge on any atom is 0.314 e. The molecule has 3 rings (SSSR count). The van der Waals surface area contributed by atoms with Crippen LogP contribution in [0.4, 0.5) is 5.82 Å². The minimum atomic E-state index is -0.789. The second-order valence-electron chi connectivity index (χ2n) is 6.86. The first-order valence-electron chi connectivity index (χ1n) is 9.28. The molecule has 10 nitrogen and oxygen atoms in total. The van der Waals surface area contributed by atoms with E-state index in [2.05, 4.69) is 26.4 Å². The lowest BCUT2D eigenvalue weighted by Gasteiger charge is -2.31. The standard InChI is InChI=1S/C17H26N6O4/c1-3-11-8-14(24)21-17(19-11)23-13(7-10(2)22-23)20-16(26)15(25)18-9-12-5-4-6-27-12/h7,11-12,17,19H,3-6,8-9H2,1-2H3,(H,18,25)(H,20,26)(H,21,24). The summed E-state index contributed by atoms with van der Waals surface area (Å²) >= 11 is 0. The first-order valence-corrected chi connectivity index (χ1v) is 9.28. The van der Waals surface area contributed by atoms with E-state index in [0.717, 1.165) is 19.3 Å². The number of nitrogens with zero attached hydrogens (tertiary/aromatic N) is 2. The van der Waals surface area contributed by atoms with Crippen LogP contribution in [-0.4, -0.2) is 52.8 Å². The predicted octanol–water partition coefficient (Wildman–Crippen LogP) is -0.231. The average molecular weight is 378 g/mol. The van der Waals surface area contributed by atoms with Gasteiger partial charge in [0.25, 0.3) is 0 Å². The van der Waals surface area contributed by atoms with Crippen molar-refractivity contribution in [3.8, 4) is 0 Å². The van der Waals surface area contributed by atoms with Crippen LogP contribution in [0.25, 0.3) is 0 Å². The van der Waals surface area contributed by atoms with Crippen molar-refractivity contribution >= 4 is 23.5 Å². The van der Waals surface area contributed by atoms with E-state index >= 15 is 0 Å². The highest BCUT2D eigenvalue weighted by Crippen LogP contribution is 2.18. The molecule has 3 amide bonds. The molecule has 0 saturated carbocycles. The van der Waals surface area contributed by atoms with E-state index < -0.39 is 18.1 Å². The Morgan fingerprint density at radius 2 is 2.22 bits per heavy atom. The first kappa shape index (κ1) is 19.3. The lowest BCUT2D eigenvalue weighted by atomic mass is 10.1. The molecule has 0 aromatic carbocycles. The molecule has 2 aliphatic heterocycles. The van der Waals surface area contributed by atoms with Crippen molar-refractivity contribution in [3.63, 3.8) is 0 Å². The van der Waals surface area contributed by atoms with Crippen LogP contribution in [0.2, 0.25) is 0 Å². The van der Waals surface area contributed by atoms with Gasteiger partial charge in [0.1, 0.15) is 5.82 Å². The van der Waals surface area contributed by atoms with E-state index in [1.54, 1.807) is 13.0 Å². The summed E-state index contributed by atoms with van der Waals surface area (Å²) in [6, 6.07) is 1.67. The molecule has 3 atom stereocenters. The van der Waals surface area contributed by atoms with Crippen LogP contribution in [0.1, 0.15) is 44.6 Å². The second-order valence-corrected chi connectivity index (χ2v) is 6.86. The predicted molar refractivity (Wildman–Crippen MR) is 96.6 cm³/mol.